The smallest absolute Gasteiger partial charge is 0.123 e. The summed E-state index contributed by atoms with van der Waals surface area (Å²) in [5, 5.41) is 5.15. The predicted molar refractivity (Wildman–Crippen MR) is 74.5 cm³/mol. The van der Waals surface area contributed by atoms with E-state index in [1.165, 1.54) is 4.88 Å². The number of rotatable bonds is 4. The molecule has 17 heavy (non-hydrogen) atoms. The van der Waals surface area contributed by atoms with Gasteiger partial charge in [0.05, 0.1) is 0 Å². The molecule has 1 aromatic heterocycles. The third kappa shape index (κ3) is 3.53. The summed E-state index contributed by atoms with van der Waals surface area (Å²) in [6, 6.07) is 8.29. The molecule has 1 N–H and O–H groups in total. The fraction of sp³-hybridized carbons (Fsp3) is 0.308. The van der Waals surface area contributed by atoms with Crippen LogP contribution in [0.15, 0.2) is 30.5 Å². The summed E-state index contributed by atoms with van der Waals surface area (Å²) >= 11 is 7.67. The van der Waals surface area contributed by atoms with E-state index >= 15 is 0 Å². The van der Waals surface area contributed by atoms with Crippen molar-refractivity contribution in [2.24, 2.45) is 0 Å². The second kappa shape index (κ2) is 5.63. The molecule has 0 saturated carbocycles. The van der Waals surface area contributed by atoms with Crippen molar-refractivity contribution in [1.29, 1.82) is 0 Å². The molecule has 1 heterocycles. The summed E-state index contributed by atoms with van der Waals surface area (Å²) in [5.74, 6) is 0. The average molecular weight is 267 g/mol. The highest BCUT2D eigenvalue weighted by Crippen LogP contribution is 2.27. The van der Waals surface area contributed by atoms with Crippen LogP contribution in [0.4, 0.5) is 0 Å². The highest BCUT2D eigenvalue weighted by Gasteiger charge is 2.05. The Kier molecular flexibility index (Phi) is 4.15. The Hall–Kier alpha value is -0.900. The molecule has 0 spiro atoms. The monoisotopic (exact) mass is 266 g/mol. The number of benzene rings is 1. The molecular weight excluding hydrogens is 252 g/mol. The van der Waals surface area contributed by atoms with Gasteiger partial charge in [0.2, 0.25) is 0 Å². The van der Waals surface area contributed by atoms with Crippen molar-refractivity contribution in [3.05, 3.63) is 40.4 Å². The van der Waals surface area contributed by atoms with Crippen LogP contribution in [0.2, 0.25) is 5.02 Å². The zero-order chi connectivity index (χ0) is 12.3. The molecule has 90 valence electrons. The molecule has 0 atom stereocenters. The lowest BCUT2D eigenvalue weighted by atomic mass is 10.2. The predicted octanol–water partition coefficient (Wildman–Crippen LogP) is 3.96. The number of hydrogen-bond acceptors (Lipinski definition) is 3. The van der Waals surface area contributed by atoms with Crippen molar-refractivity contribution < 1.29 is 0 Å². The van der Waals surface area contributed by atoms with Crippen LogP contribution in [0.3, 0.4) is 0 Å². The number of nitrogens with one attached hydrogen (secondary N) is 1. The van der Waals surface area contributed by atoms with Gasteiger partial charge in [-0.05, 0) is 12.1 Å². The van der Waals surface area contributed by atoms with E-state index in [1.54, 1.807) is 11.3 Å². The molecule has 0 saturated heterocycles. The molecule has 2 aromatic rings. The van der Waals surface area contributed by atoms with Crippen LogP contribution in [-0.2, 0) is 6.54 Å². The van der Waals surface area contributed by atoms with E-state index < -0.39 is 0 Å². The first kappa shape index (κ1) is 12.6. The Morgan fingerprint density at radius 1 is 1.41 bits per heavy atom. The van der Waals surface area contributed by atoms with Crippen molar-refractivity contribution in [2.75, 3.05) is 0 Å². The molecule has 0 radical (unpaired) electrons. The zero-order valence-electron chi connectivity index (χ0n) is 9.90. The maximum Gasteiger partial charge on any atom is 0.123 e. The number of aromatic nitrogens is 1. The number of halogens is 1. The summed E-state index contributed by atoms with van der Waals surface area (Å²) in [5.41, 5.74) is 1.08. The Morgan fingerprint density at radius 2 is 2.24 bits per heavy atom. The second-order valence-corrected chi connectivity index (χ2v) is 5.73. The van der Waals surface area contributed by atoms with Gasteiger partial charge in [-0.15, -0.1) is 11.3 Å². The van der Waals surface area contributed by atoms with Gasteiger partial charge in [-0.25, -0.2) is 4.98 Å². The lowest BCUT2D eigenvalue weighted by Gasteiger charge is -2.04. The van der Waals surface area contributed by atoms with Crippen molar-refractivity contribution in [1.82, 2.24) is 10.3 Å². The van der Waals surface area contributed by atoms with Crippen molar-refractivity contribution in [3.8, 4) is 10.6 Å². The van der Waals surface area contributed by atoms with Gasteiger partial charge >= 0.3 is 0 Å². The summed E-state index contributed by atoms with van der Waals surface area (Å²) in [4.78, 5) is 5.67. The first-order valence-corrected chi connectivity index (χ1v) is 6.78. The maximum absolute atomic E-state index is 5.97. The van der Waals surface area contributed by atoms with Crippen molar-refractivity contribution in [2.45, 2.75) is 26.4 Å². The van der Waals surface area contributed by atoms with Crippen molar-refractivity contribution >= 4 is 22.9 Å². The molecule has 1 aromatic carbocycles. The first-order valence-electron chi connectivity index (χ1n) is 5.59. The molecule has 0 amide bonds. The Morgan fingerprint density at radius 3 is 2.94 bits per heavy atom. The van der Waals surface area contributed by atoms with Gasteiger partial charge in [-0.2, -0.15) is 0 Å². The largest absolute Gasteiger partial charge is 0.310 e. The highest BCUT2D eigenvalue weighted by molar-refractivity contribution is 7.15. The summed E-state index contributed by atoms with van der Waals surface area (Å²) in [7, 11) is 0. The SMILES string of the molecule is CC(C)NCc1cnc(-c2cccc(Cl)c2)s1. The van der Waals surface area contributed by atoms with Crippen LogP contribution in [-0.4, -0.2) is 11.0 Å². The van der Waals surface area contributed by atoms with Gasteiger partial charge in [0.1, 0.15) is 5.01 Å². The molecule has 4 heteroatoms. The number of hydrogen-bond donors (Lipinski definition) is 1. The van der Waals surface area contributed by atoms with Crippen LogP contribution >= 0.6 is 22.9 Å². The van der Waals surface area contributed by atoms with E-state index in [1.807, 2.05) is 30.5 Å². The molecular formula is C13H15ClN2S. The number of thiazole rings is 1. The number of nitrogens with zero attached hydrogens (tertiary/aromatic N) is 1. The lowest BCUT2D eigenvalue weighted by Crippen LogP contribution is -2.21. The van der Waals surface area contributed by atoms with Crippen LogP contribution in [0.25, 0.3) is 10.6 Å². The zero-order valence-corrected chi connectivity index (χ0v) is 11.5. The van der Waals surface area contributed by atoms with Gasteiger partial charge < -0.3 is 5.32 Å². The van der Waals surface area contributed by atoms with Crippen molar-refractivity contribution in [3.63, 3.8) is 0 Å². The van der Waals surface area contributed by atoms with Gasteiger partial charge in [-0.1, -0.05) is 37.6 Å². The Balaban J connectivity index is 2.12. The van der Waals surface area contributed by atoms with Gasteiger partial charge in [0.15, 0.2) is 0 Å². The standard InChI is InChI=1S/C13H15ClN2S/c1-9(2)15-7-12-8-16-13(17-12)10-4-3-5-11(14)6-10/h3-6,8-9,15H,7H2,1-2H3. The fourth-order valence-electron chi connectivity index (χ4n) is 1.45. The first-order chi connectivity index (χ1) is 8.15. The third-order valence-corrected chi connectivity index (χ3v) is 3.59. The molecule has 0 aliphatic rings. The quantitative estimate of drug-likeness (QED) is 0.906. The Labute approximate surface area is 111 Å². The summed E-state index contributed by atoms with van der Waals surface area (Å²) in [6.45, 7) is 5.15. The van der Waals surface area contributed by atoms with Gasteiger partial charge in [0, 0.05) is 34.2 Å². The van der Waals surface area contributed by atoms with Gasteiger partial charge in [-0.3, -0.25) is 0 Å². The second-order valence-electron chi connectivity index (χ2n) is 4.18. The lowest BCUT2D eigenvalue weighted by molar-refractivity contribution is 0.593. The fourth-order valence-corrected chi connectivity index (χ4v) is 2.50. The van der Waals surface area contributed by atoms with Gasteiger partial charge in [0.25, 0.3) is 0 Å². The molecule has 0 aliphatic carbocycles. The minimum absolute atomic E-state index is 0.492. The minimum atomic E-state index is 0.492. The summed E-state index contributed by atoms with van der Waals surface area (Å²) < 4.78 is 0. The van der Waals surface area contributed by atoms with E-state index in [4.69, 9.17) is 11.6 Å². The van der Waals surface area contributed by atoms with E-state index in [2.05, 4.69) is 24.1 Å². The van der Waals surface area contributed by atoms with E-state index in [0.29, 0.717) is 6.04 Å². The molecule has 0 unspecified atom stereocenters. The summed E-state index contributed by atoms with van der Waals surface area (Å²) in [6.07, 6.45) is 1.93. The topological polar surface area (TPSA) is 24.9 Å². The molecule has 0 aliphatic heterocycles. The van der Waals surface area contributed by atoms with E-state index in [9.17, 15) is 0 Å². The van der Waals surface area contributed by atoms with Crippen LogP contribution < -0.4 is 5.32 Å². The molecule has 2 nitrogen and oxygen atoms in total. The van der Waals surface area contributed by atoms with Crippen LogP contribution in [0.1, 0.15) is 18.7 Å². The minimum Gasteiger partial charge on any atom is -0.310 e. The van der Waals surface area contributed by atoms with Crippen LogP contribution in [0, 0.1) is 0 Å². The average Bonchev–Trinajstić information content (AvgIpc) is 2.75. The molecule has 0 fully saturated rings. The molecule has 2 rings (SSSR count). The third-order valence-electron chi connectivity index (χ3n) is 2.31. The van der Waals surface area contributed by atoms with Crippen LogP contribution in [0.5, 0.6) is 0 Å². The molecule has 0 bridgehead atoms. The van der Waals surface area contributed by atoms with E-state index in [-0.39, 0.29) is 0 Å². The highest BCUT2D eigenvalue weighted by atomic mass is 35.5. The Bertz CT molecular complexity index is 494. The maximum atomic E-state index is 5.97. The van der Waals surface area contributed by atoms with E-state index in [0.717, 1.165) is 22.1 Å². The normalized spacial score (nSPS) is 11.1.